The molecule has 0 spiro atoms. The predicted octanol–water partition coefficient (Wildman–Crippen LogP) is 10.2. The Bertz CT molecular complexity index is 1890. The van der Waals surface area contributed by atoms with Crippen molar-refractivity contribution in [1.29, 1.82) is 0 Å². The van der Waals surface area contributed by atoms with Crippen LogP contribution in [0, 0.1) is 19.7 Å². The third kappa shape index (κ3) is 4.44. The Morgan fingerprint density at radius 1 is 0.707 bits per heavy atom. The van der Waals surface area contributed by atoms with Crippen LogP contribution in [-0.4, -0.2) is 0 Å². The van der Waals surface area contributed by atoms with E-state index in [2.05, 4.69) is 98.4 Å². The van der Waals surface area contributed by atoms with Crippen LogP contribution in [0.15, 0.2) is 95.5 Å². The number of hydrogen-bond donors (Lipinski definition) is 0. The highest BCUT2D eigenvalue weighted by Crippen LogP contribution is 2.42. The summed E-state index contributed by atoms with van der Waals surface area (Å²) in [5, 5.41) is 1.94. The molecule has 4 aromatic carbocycles. The molecule has 204 valence electrons. The maximum absolute atomic E-state index is 15.6. The summed E-state index contributed by atoms with van der Waals surface area (Å²) in [5.41, 5.74) is 11.0. The molecule has 2 heterocycles. The Kier molecular flexibility index (Phi) is 6.46. The molecule has 3 heteroatoms. The maximum Gasteiger partial charge on any atom is 0.216 e. The summed E-state index contributed by atoms with van der Waals surface area (Å²) in [6.07, 6.45) is 8.63. The van der Waals surface area contributed by atoms with Crippen molar-refractivity contribution in [1.82, 2.24) is 0 Å². The van der Waals surface area contributed by atoms with Crippen molar-refractivity contribution in [3.63, 3.8) is 0 Å². The lowest BCUT2D eigenvalue weighted by Crippen LogP contribution is -2.31. The minimum atomic E-state index is -0.256. The van der Waals surface area contributed by atoms with Crippen LogP contribution in [-0.2, 0) is 7.05 Å². The molecular formula is C38H35FNO+. The molecule has 2 aromatic heterocycles. The van der Waals surface area contributed by atoms with Gasteiger partial charge in [0.25, 0.3) is 0 Å². The highest BCUT2D eigenvalue weighted by Gasteiger charge is 2.25. The van der Waals surface area contributed by atoms with Crippen molar-refractivity contribution in [3.05, 3.63) is 114 Å². The molecule has 0 amide bonds. The van der Waals surface area contributed by atoms with Crippen LogP contribution in [0.25, 0.3) is 55.4 Å². The fraction of sp³-hybridized carbons (Fsp3) is 0.237. The Labute approximate surface area is 241 Å². The molecule has 1 fully saturated rings. The van der Waals surface area contributed by atoms with E-state index in [1.165, 1.54) is 54.4 Å². The second-order valence-corrected chi connectivity index (χ2v) is 11.7. The van der Waals surface area contributed by atoms with E-state index in [1.54, 1.807) is 6.07 Å². The van der Waals surface area contributed by atoms with Crippen LogP contribution >= 0.6 is 0 Å². The van der Waals surface area contributed by atoms with E-state index in [9.17, 15) is 0 Å². The molecule has 6 aromatic rings. The first-order valence-electron chi connectivity index (χ1n) is 14.8. The summed E-state index contributed by atoms with van der Waals surface area (Å²) in [5.74, 6) is 0.363. The second kappa shape index (κ2) is 10.3. The average Bonchev–Trinajstić information content (AvgIpc) is 3.37. The molecule has 1 aliphatic carbocycles. The molecule has 0 radical (unpaired) electrons. The molecule has 1 saturated carbocycles. The van der Waals surface area contributed by atoms with Gasteiger partial charge in [-0.05, 0) is 72.6 Å². The quantitative estimate of drug-likeness (QED) is 0.203. The number of furan rings is 1. The largest absolute Gasteiger partial charge is 0.454 e. The Morgan fingerprint density at radius 3 is 2.12 bits per heavy atom. The van der Waals surface area contributed by atoms with Gasteiger partial charge in [-0.15, -0.1) is 0 Å². The van der Waals surface area contributed by atoms with Crippen LogP contribution < -0.4 is 4.57 Å². The third-order valence-corrected chi connectivity index (χ3v) is 9.06. The summed E-state index contributed by atoms with van der Waals surface area (Å²) in [4.78, 5) is 0. The topological polar surface area (TPSA) is 17.0 Å². The third-order valence-electron chi connectivity index (χ3n) is 9.06. The van der Waals surface area contributed by atoms with Crippen molar-refractivity contribution < 1.29 is 13.4 Å². The minimum absolute atomic E-state index is 0.256. The number of benzene rings is 4. The molecule has 0 saturated heterocycles. The van der Waals surface area contributed by atoms with Crippen LogP contribution in [0.2, 0.25) is 0 Å². The molecule has 0 bridgehead atoms. The zero-order chi connectivity index (χ0) is 28.1. The molecule has 7 rings (SSSR count). The van der Waals surface area contributed by atoms with Crippen molar-refractivity contribution in [2.45, 2.75) is 51.9 Å². The summed E-state index contributed by atoms with van der Waals surface area (Å²) in [7, 11) is 2.08. The molecule has 0 aliphatic heterocycles. The Hall–Kier alpha value is -4.24. The van der Waals surface area contributed by atoms with Gasteiger partial charge in [-0.25, -0.2) is 8.96 Å². The molecule has 1 aliphatic rings. The van der Waals surface area contributed by atoms with Gasteiger partial charge in [-0.2, -0.15) is 0 Å². The van der Waals surface area contributed by atoms with E-state index < -0.39 is 0 Å². The summed E-state index contributed by atoms with van der Waals surface area (Å²) < 4.78 is 24.4. The van der Waals surface area contributed by atoms with Gasteiger partial charge in [0, 0.05) is 22.4 Å². The van der Waals surface area contributed by atoms with Crippen LogP contribution in [0.3, 0.4) is 0 Å². The number of rotatable bonds is 4. The van der Waals surface area contributed by atoms with Crippen LogP contribution in [0.1, 0.15) is 54.7 Å². The Morgan fingerprint density at radius 2 is 1.39 bits per heavy atom. The number of aromatic nitrogens is 1. The van der Waals surface area contributed by atoms with Gasteiger partial charge in [0.15, 0.2) is 6.20 Å². The number of pyridine rings is 1. The molecule has 41 heavy (non-hydrogen) atoms. The van der Waals surface area contributed by atoms with E-state index in [0.717, 1.165) is 38.7 Å². The summed E-state index contributed by atoms with van der Waals surface area (Å²) in [6, 6.07) is 29.0. The van der Waals surface area contributed by atoms with Crippen molar-refractivity contribution in [3.8, 4) is 33.5 Å². The zero-order valence-electron chi connectivity index (χ0n) is 24.0. The fourth-order valence-corrected chi connectivity index (χ4v) is 6.84. The molecule has 0 atom stereocenters. The fourth-order valence-electron chi connectivity index (χ4n) is 6.84. The summed E-state index contributed by atoms with van der Waals surface area (Å²) >= 11 is 0. The van der Waals surface area contributed by atoms with E-state index in [0.29, 0.717) is 17.1 Å². The number of hydrogen-bond acceptors (Lipinski definition) is 1. The van der Waals surface area contributed by atoms with Gasteiger partial charge >= 0.3 is 0 Å². The lowest BCUT2D eigenvalue weighted by molar-refractivity contribution is -0.659. The smallest absolute Gasteiger partial charge is 0.216 e. The standard InChI is InChI=1S/C38H35FNO/c1-24-14-19-30-31-20-21-33(39)36(29-17-15-27(16-18-29)26-10-6-4-7-11-26)38(31)41-37(30)35(24)34-22-25(2)32(23-40(34)3)28-12-8-5-9-13-28/h5,8-9,12-23,26H,4,6-7,10-11H2,1-3H3/q+1. The van der Waals surface area contributed by atoms with Crippen molar-refractivity contribution >= 4 is 21.9 Å². The van der Waals surface area contributed by atoms with Gasteiger partial charge in [0.05, 0.1) is 11.1 Å². The lowest BCUT2D eigenvalue weighted by Gasteiger charge is -2.22. The molecule has 0 N–H and O–H groups in total. The molecule has 2 nitrogen and oxygen atoms in total. The highest BCUT2D eigenvalue weighted by molar-refractivity contribution is 6.13. The van der Waals surface area contributed by atoms with Gasteiger partial charge < -0.3 is 4.42 Å². The predicted molar refractivity (Wildman–Crippen MR) is 166 cm³/mol. The zero-order valence-corrected chi connectivity index (χ0v) is 24.0. The number of fused-ring (bicyclic) bond motifs is 3. The molecular weight excluding hydrogens is 505 g/mol. The monoisotopic (exact) mass is 540 g/mol. The van der Waals surface area contributed by atoms with Crippen molar-refractivity contribution in [2.24, 2.45) is 7.05 Å². The van der Waals surface area contributed by atoms with Gasteiger partial charge in [0.2, 0.25) is 5.69 Å². The normalized spacial score (nSPS) is 14.2. The minimum Gasteiger partial charge on any atom is -0.454 e. The second-order valence-electron chi connectivity index (χ2n) is 11.7. The van der Waals surface area contributed by atoms with Gasteiger partial charge in [-0.1, -0.05) is 86.0 Å². The highest BCUT2D eigenvalue weighted by atomic mass is 19.1. The van der Waals surface area contributed by atoms with E-state index in [4.69, 9.17) is 4.42 Å². The average molecular weight is 541 g/mol. The first kappa shape index (κ1) is 25.7. The Balaban J connectivity index is 1.38. The molecule has 0 unspecified atom stereocenters. The van der Waals surface area contributed by atoms with E-state index in [-0.39, 0.29) is 5.82 Å². The van der Waals surface area contributed by atoms with Gasteiger partial charge in [0.1, 0.15) is 24.0 Å². The number of aryl methyl sites for hydroxylation is 3. The lowest BCUT2D eigenvalue weighted by atomic mass is 9.83. The number of nitrogens with zero attached hydrogens (tertiary/aromatic N) is 1. The SMILES string of the molecule is Cc1cc(-c2c(C)ccc3c2oc2c(-c4ccc(C5CCCCC5)cc4)c(F)ccc23)[n+](C)cc1-c1ccccc1. The first-order chi connectivity index (χ1) is 20.0. The van der Waals surface area contributed by atoms with E-state index >= 15 is 4.39 Å². The number of halogens is 1. The van der Waals surface area contributed by atoms with Crippen LogP contribution in [0.4, 0.5) is 4.39 Å². The van der Waals surface area contributed by atoms with Crippen molar-refractivity contribution in [2.75, 3.05) is 0 Å². The maximum atomic E-state index is 15.6. The van der Waals surface area contributed by atoms with E-state index in [1.807, 2.05) is 12.1 Å². The summed E-state index contributed by atoms with van der Waals surface area (Å²) in [6.45, 7) is 4.28. The van der Waals surface area contributed by atoms with Crippen LogP contribution in [0.5, 0.6) is 0 Å². The van der Waals surface area contributed by atoms with Gasteiger partial charge in [-0.3, -0.25) is 0 Å². The first-order valence-corrected chi connectivity index (χ1v) is 14.8.